The molecule has 2 aliphatic rings. The van der Waals surface area contributed by atoms with Crippen molar-refractivity contribution in [2.24, 2.45) is 5.92 Å². The van der Waals surface area contributed by atoms with Crippen molar-refractivity contribution in [3.05, 3.63) is 11.1 Å². The van der Waals surface area contributed by atoms with Crippen LogP contribution in [-0.4, -0.2) is 43.2 Å². The maximum atomic E-state index is 11.7. The summed E-state index contributed by atoms with van der Waals surface area (Å²) in [6, 6.07) is 0.235. The minimum Gasteiger partial charge on any atom is -0.335 e. The van der Waals surface area contributed by atoms with Crippen molar-refractivity contribution >= 4 is 22.0 Å². The highest BCUT2D eigenvalue weighted by Crippen LogP contribution is 2.26. The Hall–Kier alpha value is -0.550. The van der Waals surface area contributed by atoms with Gasteiger partial charge in [-0.15, -0.1) is 0 Å². The molecule has 0 aromatic carbocycles. The zero-order valence-electron chi connectivity index (χ0n) is 12.2. The van der Waals surface area contributed by atoms with Crippen LogP contribution < -0.4 is 10.6 Å². The van der Waals surface area contributed by atoms with Crippen LogP contribution in [0, 0.1) is 5.92 Å². The highest BCUT2D eigenvalue weighted by molar-refractivity contribution is 9.11. The predicted octanol–water partition coefficient (Wildman–Crippen LogP) is 2.85. The largest absolute Gasteiger partial charge is 0.335 e. The van der Waals surface area contributed by atoms with Gasteiger partial charge in [-0.2, -0.15) is 0 Å². The lowest BCUT2D eigenvalue weighted by Gasteiger charge is -2.33. The number of carbonyl (C=O) groups is 1. The molecule has 114 valence electrons. The molecule has 0 unspecified atom stereocenters. The van der Waals surface area contributed by atoms with Crippen LogP contribution in [0.4, 0.5) is 4.79 Å². The van der Waals surface area contributed by atoms with E-state index in [1.807, 2.05) is 0 Å². The van der Waals surface area contributed by atoms with Gasteiger partial charge in [-0.1, -0.05) is 35.4 Å². The van der Waals surface area contributed by atoms with Crippen molar-refractivity contribution in [2.45, 2.75) is 44.6 Å². The van der Waals surface area contributed by atoms with Crippen LogP contribution in [0.15, 0.2) is 11.1 Å². The number of halogens is 1. The van der Waals surface area contributed by atoms with Crippen LogP contribution in [0.3, 0.4) is 0 Å². The Kier molecular flexibility index (Phi) is 6.36. The van der Waals surface area contributed by atoms with Crippen molar-refractivity contribution in [2.75, 3.05) is 26.2 Å². The second kappa shape index (κ2) is 8.03. The third-order valence-corrected chi connectivity index (χ3v) is 4.64. The van der Waals surface area contributed by atoms with Gasteiger partial charge in [0.15, 0.2) is 0 Å². The van der Waals surface area contributed by atoms with Gasteiger partial charge < -0.3 is 15.5 Å². The number of likely N-dealkylation sites (tertiary alicyclic amines) is 1. The molecule has 1 aliphatic carbocycles. The van der Waals surface area contributed by atoms with Gasteiger partial charge in [0.05, 0.1) is 6.54 Å². The number of piperidine rings is 1. The molecule has 0 spiro atoms. The number of carbonyl (C=O) groups excluding carboxylic acids is 1. The molecule has 1 saturated heterocycles. The molecule has 2 amide bonds. The van der Waals surface area contributed by atoms with E-state index < -0.39 is 0 Å². The van der Waals surface area contributed by atoms with Gasteiger partial charge in [-0.3, -0.25) is 0 Å². The molecule has 2 rings (SSSR count). The Morgan fingerprint density at radius 1 is 1.20 bits per heavy atom. The molecule has 1 heterocycles. The second-order valence-corrected chi connectivity index (χ2v) is 7.19. The maximum absolute atomic E-state index is 11.7. The van der Waals surface area contributed by atoms with Crippen molar-refractivity contribution in [1.29, 1.82) is 0 Å². The maximum Gasteiger partial charge on any atom is 0.315 e. The Balaban J connectivity index is 1.61. The van der Waals surface area contributed by atoms with Gasteiger partial charge in [0.1, 0.15) is 0 Å². The molecule has 2 N–H and O–H groups in total. The summed E-state index contributed by atoms with van der Waals surface area (Å²) in [7, 11) is 0. The van der Waals surface area contributed by atoms with Gasteiger partial charge in [-0.25, -0.2) is 4.79 Å². The summed E-state index contributed by atoms with van der Waals surface area (Å²) >= 11 is 3.23. The molecular formula is C15H26BrN3O. The van der Waals surface area contributed by atoms with Crippen LogP contribution in [0.25, 0.3) is 0 Å². The van der Waals surface area contributed by atoms with Crippen molar-refractivity contribution in [3.8, 4) is 0 Å². The van der Waals surface area contributed by atoms with Gasteiger partial charge in [-0.05, 0) is 31.6 Å². The van der Waals surface area contributed by atoms with Crippen LogP contribution in [0.5, 0.6) is 0 Å². The molecule has 0 aromatic rings. The molecule has 1 saturated carbocycles. The lowest BCUT2D eigenvalue weighted by atomic mass is 10.0. The van der Waals surface area contributed by atoms with E-state index in [9.17, 15) is 4.79 Å². The third kappa shape index (κ3) is 5.44. The Bertz CT molecular complexity index is 334. The first-order valence-electron chi connectivity index (χ1n) is 7.73. The zero-order valence-corrected chi connectivity index (χ0v) is 13.8. The summed E-state index contributed by atoms with van der Waals surface area (Å²) in [6.45, 7) is 7.68. The second-order valence-electron chi connectivity index (χ2n) is 6.07. The molecule has 0 bridgehead atoms. The number of urea groups is 1. The Morgan fingerprint density at radius 2 is 1.85 bits per heavy atom. The molecule has 5 heteroatoms. The van der Waals surface area contributed by atoms with E-state index in [4.69, 9.17) is 0 Å². The number of amides is 2. The van der Waals surface area contributed by atoms with Crippen molar-refractivity contribution < 1.29 is 4.79 Å². The first-order valence-corrected chi connectivity index (χ1v) is 8.53. The Morgan fingerprint density at radius 3 is 2.45 bits per heavy atom. The van der Waals surface area contributed by atoms with E-state index in [0.717, 1.165) is 36.3 Å². The average Bonchev–Trinajstić information content (AvgIpc) is 2.92. The Labute approximate surface area is 130 Å². The zero-order chi connectivity index (χ0) is 14.4. The van der Waals surface area contributed by atoms with Gasteiger partial charge >= 0.3 is 6.03 Å². The molecule has 20 heavy (non-hydrogen) atoms. The smallest absolute Gasteiger partial charge is 0.315 e. The van der Waals surface area contributed by atoms with Crippen LogP contribution >= 0.6 is 15.9 Å². The minimum atomic E-state index is -0.0835. The monoisotopic (exact) mass is 343 g/mol. The van der Waals surface area contributed by atoms with Crippen LogP contribution in [0.1, 0.15) is 38.5 Å². The number of hydrogen-bond acceptors (Lipinski definition) is 2. The first-order chi connectivity index (χ1) is 9.63. The fourth-order valence-corrected chi connectivity index (χ4v) is 3.37. The van der Waals surface area contributed by atoms with Gasteiger partial charge in [0.25, 0.3) is 0 Å². The number of hydrogen-bond donors (Lipinski definition) is 2. The molecular weight excluding hydrogens is 318 g/mol. The summed E-state index contributed by atoms with van der Waals surface area (Å²) in [6.07, 6.45) is 7.79. The SMILES string of the molecule is C=C(Br)CNC(=O)NC1CCN(CC2CCCC2)CC1. The van der Waals surface area contributed by atoms with E-state index in [1.54, 1.807) is 0 Å². The molecule has 4 nitrogen and oxygen atoms in total. The first kappa shape index (κ1) is 15.8. The number of nitrogens with zero attached hydrogens (tertiary/aromatic N) is 1. The summed E-state index contributed by atoms with van der Waals surface area (Å²) in [4.78, 5) is 14.3. The summed E-state index contributed by atoms with van der Waals surface area (Å²) in [5.41, 5.74) is 0. The van der Waals surface area contributed by atoms with Crippen molar-refractivity contribution in [1.82, 2.24) is 15.5 Å². The highest BCUT2D eigenvalue weighted by atomic mass is 79.9. The fourth-order valence-electron chi connectivity index (χ4n) is 3.23. The third-order valence-electron chi connectivity index (χ3n) is 4.35. The van der Waals surface area contributed by atoms with E-state index in [-0.39, 0.29) is 6.03 Å². The number of rotatable bonds is 5. The van der Waals surface area contributed by atoms with Crippen LogP contribution in [0.2, 0.25) is 0 Å². The quantitative estimate of drug-likeness (QED) is 0.806. The fraction of sp³-hybridized carbons (Fsp3) is 0.800. The van der Waals surface area contributed by atoms with E-state index >= 15 is 0 Å². The predicted molar refractivity (Wildman–Crippen MR) is 86.0 cm³/mol. The summed E-state index contributed by atoms with van der Waals surface area (Å²) in [5.74, 6) is 0.924. The topological polar surface area (TPSA) is 44.4 Å². The van der Waals surface area contributed by atoms with Crippen molar-refractivity contribution in [3.63, 3.8) is 0 Å². The van der Waals surface area contributed by atoms with E-state index in [1.165, 1.54) is 32.2 Å². The number of nitrogens with one attached hydrogen (secondary N) is 2. The normalized spacial score (nSPS) is 21.9. The molecule has 1 aliphatic heterocycles. The lowest BCUT2D eigenvalue weighted by Crippen LogP contribution is -2.48. The highest BCUT2D eigenvalue weighted by Gasteiger charge is 2.24. The van der Waals surface area contributed by atoms with E-state index in [0.29, 0.717) is 12.6 Å². The van der Waals surface area contributed by atoms with Crippen LogP contribution in [-0.2, 0) is 0 Å². The molecule has 0 atom stereocenters. The average molecular weight is 344 g/mol. The standard InChI is InChI=1S/C15H26BrN3O/c1-12(16)10-17-15(20)18-14-6-8-19(9-7-14)11-13-4-2-3-5-13/h13-14H,1-11H2,(H2,17,18,20). The minimum absolute atomic E-state index is 0.0835. The lowest BCUT2D eigenvalue weighted by molar-refractivity contribution is 0.171. The molecule has 2 fully saturated rings. The molecule has 0 aromatic heterocycles. The van der Waals surface area contributed by atoms with E-state index in [2.05, 4.69) is 38.0 Å². The summed E-state index contributed by atoms with van der Waals surface area (Å²) in [5, 5.41) is 5.84. The van der Waals surface area contributed by atoms with Gasteiger partial charge in [0, 0.05) is 30.2 Å². The molecule has 0 radical (unpaired) electrons. The van der Waals surface area contributed by atoms with Gasteiger partial charge in [0.2, 0.25) is 0 Å². The summed E-state index contributed by atoms with van der Waals surface area (Å²) < 4.78 is 0.791.